The van der Waals surface area contributed by atoms with Crippen molar-refractivity contribution in [2.45, 2.75) is 38.6 Å². The minimum atomic E-state index is -0.496. The minimum absolute atomic E-state index is 0.0872. The number of nitrogens with one attached hydrogen (secondary N) is 4. The number of aromatic nitrogens is 2. The number of anilines is 6. The van der Waals surface area contributed by atoms with E-state index in [2.05, 4.69) is 36.1 Å². The van der Waals surface area contributed by atoms with E-state index in [1.807, 2.05) is 29.2 Å². The standard InChI is InChI=1S/C41H44ClN9O6/c1-25(52)30-5-3-4-6-32(30)45-37-31(42)24-43-41(48-37)46-33-12-11-29(23-35(33)57-2)49-19-21-51(22-20-49)40(56)27-15-17-50(18-16-27)39(55)26-7-9-28(10-8-26)44-34-13-14-36(53)47-38(34)54/h3-12,23-24,27,34,44H,13-22H2,1-2H3,(H,47,53,54)(H2,43,45,46,48). The topological polar surface area (TPSA) is 178 Å². The van der Waals surface area contributed by atoms with Crippen LogP contribution in [0.15, 0.2) is 72.9 Å². The lowest BCUT2D eigenvalue weighted by molar-refractivity contribution is -0.137. The molecule has 3 saturated heterocycles. The molecule has 0 saturated carbocycles. The summed E-state index contributed by atoms with van der Waals surface area (Å²) in [6.45, 7) is 4.98. The molecule has 1 atom stereocenters. The number of methoxy groups -OCH3 is 1. The zero-order valence-corrected chi connectivity index (χ0v) is 32.5. The molecule has 0 radical (unpaired) electrons. The Kier molecular flexibility index (Phi) is 11.8. The van der Waals surface area contributed by atoms with Gasteiger partial charge in [0.05, 0.1) is 24.7 Å². The molecule has 15 nitrogen and oxygen atoms in total. The molecule has 4 N–H and O–H groups in total. The van der Waals surface area contributed by atoms with Crippen molar-refractivity contribution in [3.63, 3.8) is 0 Å². The van der Waals surface area contributed by atoms with E-state index in [1.165, 1.54) is 13.1 Å². The van der Waals surface area contributed by atoms with Crippen LogP contribution in [0, 0.1) is 5.92 Å². The Labute approximate surface area is 335 Å². The van der Waals surface area contributed by atoms with E-state index in [0.717, 1.165) is 5.69 Å². The SMILES string of the molecule is COc1cc(N2CCN(C(=O)C3CCN(C(=O)c4ccc(NC5CCC(=O)NC5=O)cc4)CC3)CC2)ccc1Nc1ncc(Cl)c(Nc2ccccc2C(C)=O)n1. The molecule has 4 amide bonds. The number of hydrogen-bond acceptors (Lipinski definition) is 12. The predicted molar refractivity (Wildman–Crippen MR) is 217 cm³/mol. The maximum Gasteiger partial charge on any atom is 0.253 e. The number of para-hydroxylation sites is 1. The van der Waals surface area contributed by atoms with Crippen molar-refractivity contribution in [2.75, 3.05) is 67.2 Å². The van der Waals surface area contributed by atoms with Gasteiger partial charge in [-0.3, -0.25) is 29.3 Å². The number of halogens is 1. The number of carbonyl (C=O) groups is 5. The van der Waals surface area contributed by atoms with E-state index in [-0.39, 0.29) is 47.7 Å². The number of hydrogen-bond donors (Lipinski definition) is 4. The number of carbonyl (C=O) groups excluding carboxylic acids is 5. The maximum absolute atomic E-state index is 13.6. The number of imide groups is 1. The summed E-state index contributed by atoms with van der Waals surface area (Å²) in [5, 5.41) is 12.1. The zero-order chi connectivity index (χ0) is 40.1. The van der Waals surface area contributed by atoms with Gasteiger partial charge < -0.3 is 35.4 Å². The molecule has 296 valence electrons. The van der Waals surface area contributed by atoms with E-state index in [9.17, 15) is 24.0 Å². The number of likely N-dealkylation sites (tertiary alicyclic amines) is 1. The smallest absolute Gasteiger partial charge is 0.253 e. The van der Waals surface area contributed by atoms with Crippen LogP contribution >= 0.6 is 11.6 Å². The number of Topliss-reactive ketones (excluding diaryl/α,β-unsaturated/α-hetero) is 1. The quantitative estimate of drug-likeness (QED) is 0.115. The van der Waals surface area contributed by atoms with Crippen LogP contribution in [0.1, 0.15) is 53.3 Å². The molecule has 3 fully saturated rings. The molecule has 3 aliphatic heterocycles. The van der Waals surface area contributed by atoms with Gasteiger partial charge in [0.25, 0.3) is 5.91 Å². The summed E-state index contributed by atoms with van der Waals surface area (Å²) in [5.74, 6) is 0.407. The Bertz CT molecular complexity index is 2170. The molecule has 4 heterocycles. The summed E-state index contributed by atoms with van der Waals surface area (Å²) in [4.78, 5) is 77.3. The second-order valence-corrected chi connectivity index (χ2v) is 14.6. The van der Waals surface area contributed by atoms with Crippen LogP contribution in [0.25, 0.3) is 0 Å². The van der Waals surface area contributed by atoms with Gasteiger partial charge in [0, 0.05) is 80.2 Å². The fourth-order valence-electron chi connectivity index (χ4n) is 7.34. The van der Waals surface area contributed by atoms with E-state index in [4.69, 9.17) is 16.3 Å². The van der Waals surface area contributed by atoms with Gasteiger partial charge in [0.2, 0.25) is 23.7 Å². The first-order chi connectivity index (χ1) is 27.6. The summed E-state index contributed by atoms with van der Waals surface area (Å²) in [6, 6.07) is 19.4. The molecule has 0 aliphatic carbocycles. The van der Waals surface area contributed by atoms with Crippen molar-refractivity contribution in [3.05, 3.63) is 89.1 Å². The van der Waals surface area contributed by atoms with Crippen molar-refractivity contribution in [1.82, 2.24) is 25.1 Å². The van der Waals surface area contributed by atoms with Crippen molar-refractivity contribution in [2.24, 2.45) is 5.92 Å². The van der Waals surface area contributed by atoms with E-state index >= 15 is 0 Å². The van der Waals surface area contributed by atoms with Gasteiger partial charge in [-0.05, 0) is 74.7 Å². The Morgan fingerprint density at radius 3 is 2.30 bits per heavy atom. The summed E-state index contributed by atoms with van der Waals surface area (Å²) >= 11 is 6.40. The first-order valence-electron chi connectivity index (χ1n) is 18.9. The highest BCUT2D eigenvalue weighted by Crippen LogP contribution is 2.34. The number of ketones is 1. The molecular formula is C41H44ClN9O6. The first-order valence-corrected chi connectivity index (χ1v) is 19.3. The molecular weight excluding hydrogens is 750 g/mol. The van der Waals surface area contributed by atoms with Crippen LogP contribution in [0.3, 0.4) is 0 Å². The normalized spacial score (nSPS) is 17.5. The van der Waals surface area contributed by atoms with Gasteiger partial charge >= 0.3 is 0 Å². The highest BCUT2D eigenvalue weighted by atomic mass is 35.5. The van der Waals surface area contributed by atoms with Crippen molar-refractivity contribution < 1.29 is 28.7 Å². The van der Waals surface area contributed by atoms with Gasteiger partial charge in [-0.15, -0.1) is 0 Å². The number of amides is 4. The van der Waals surface area contributed by atoms with E-state index in [0.29, 0.717) is 103 Å². The average molecular weight is 794 g/mol. The number of piperazine rings is 1. The average Bonchev–Trinajstić information content (AvgIpc) is 3.23. The predicted octanol–water partition coefficient (Wildman–Crippen LogP) is 5.25. The van der Waals surface area contributed by atoms with Crippen molar-refractivity contribution in [1.29, 1.82) is 0 Å². The molecule has 16 heteroatoms. The third kappa shape index (κ3) is 9.10. The van der Waals surface area contributed by atoms with Crippen LogP contribution < -0.4 is 30.9 Å². The molecule has 3 aromatic carbocycles. The number of rotatable bonds is 11. The third-order valence-electron chi connectivity index (χ3n) is 10.5. The monoisotopic (exact) mass is 793 g/mol. The molecule has 0 bridgehead atoms. The van der Waals surface area contributed by atoms with Crippen molar-refractivity contribution in [3.8, 4) is 5.75 Å². The highest BCUT2D eigenvalue weighted by molar-refractivity contribution is 6.33. The number of nitrogens with zero attached hydrogens (tertiary/aromatic N) is 5. The van der Waals surface area contributed by atoms with Crippen LogP contribution in [0.4, 0.5) is 34.5 Å². The zero-order valence-electron chi connectivity index (χ0n) is 31.7. The molecule has 1 aromatic heterocycles. The maximum atomic E-state index is 13.6. The summed E-state index contributed by atoms with van der Waals surface area (Å²) in [5.41, 5.74) is 3.94. The van der Waals surface area contributed by atoms with E-state index < -0.39 is 6.04 Å². The molecule has 57 heavy (non-hydrogen) atoms. The van der Waals surface area contributed by atoms with Crippen LogP contribution in [0.2, 0.25) is 5.02 Å². The van der Waals surface area contributed by atoms with Gasteiger partial charge in [-0.25, -0.2) is 4.98 Å². The summed E-state index contributed by atoms with van der Waals surface area (Å²) < 4.78 is 5.73. The number of ether oxygens (including phenoxy) is 1. The van der Waals surface area contributed by atoms with Crippen molar-refractivity contribution >= 4 is 75.5 Å². The van der Waals surface area contributed by atoms with Crippen LogP contribution in [-0.4, -0.2) is 102 Å². The number of piperidine rings is 2. The molecule has 0 spiro atoms. The number of benzene rings is 3. The van der Waals surface area contributed by atoms with Gasteiger partial charge in [-0.1, -0.05) is 23.7 Å². The van der Waals surface area contributed by atoms with Crippen LogP contribution in [-0.2, 0) is 14.4 Å². The molecule has 7 rings (SSSR count). The first kappa shape index (κ1) is 39.0. The Morgan fingerprint density at radius 2 is 1.60 bits per heavy atom. The fourth-order valence-corrected chi connectivity index (χ4v) is 7.48. The molecule has 4 aromatic rings. The lowest BCUT2D eigenvalue weighted by atomic mass is 9.94. The summed E-state index contributed by atoms with van der Waals surface area (Å²) in [6.07, 6.45) is 3.39. The lowest BCUT2D eigenvalue weighted by Crippen LogP contribution is -2.52. The van der Waals surface area contributed by atoms with Gasteiger partial charge in [-0.2, -0.15) is 4.98 Å². The van der Waals surface area contributed by atoms with Gasteiger partial charge in [0.1, 0.15) is 16.8 Å². The van der Waals surface area contributed by atoms with E-state index in [1.54, 1.807) is 54.5 Å². The lowest BCUT2D eigenvalue weighted by Gasteiger charge is -2.39. The Balaban J connectivity index is 0.892. The molecule has 1 unspecified atom stereocenters. The van der Waals surface area contributed by atoms with Gasteiger partial charge in [0.15, 0.2) is 11.6 Å². The summed E-state index contributed by atoms with van der Waals surface area (Å²) in [7, 11) is 1.59. The largest absolute Gasteiger partial charge is 0.494 e. The molecule has 3 aliphatic rings. The Hall–Kier alpha value is -6.22. The fraction of sp³-hybridized carbons (Fsp3) is 0.341. The third-order valence-corrected chi connectivity index (χ3v) is 10.8. The van der Waals surface area contributed by atoms with Crippen LogP contribution in [0.5, 0.6) is 5.75 Å². The highest BCUT2D eigenvalue weighted by Gasteiger charge is 2.32. The minimum Gasteiger partial charge on any atom is -0.494 e. The second kappa shape index (κ2) is 17.3. The second-order valence-electron chi connectivity index (χ2n) is 14.2. The Morgan fingerprint density at radius 1 is 0.860 bits per heavy atom.